The van der Waals surface area contributed by atoms with Crippen molar-refractivity contribution in [3.05, 3.63) is 71.8 Å². The van der Waals surface area contributed by atoms with Crippen molar-refractivity contribution in [3.8, 4) is 0 Å². The second kappa shape index (κ2) is 14.9. The first kappa shape index (κ1) is 25.5. The van der Waals surface area contributed by atoms with Gasteiger partial charge in [0.15, 0.2) is 0 Å². The van der Waals surface area contributed by atoms with Gasteiger partial charge in [-0.2, -0.15) is 0 Å². The van der Waals surface area contributed by atoms with Gasteiger partial charge in [0.25, 0.3) is 0 Å². The van der Waals surface area contributed by atoms with Gasteiger partial charge in [0.2, 0.25) is 0 Å². The lowest BCUT2D eigenvalue weighted by atomic mass is 9.86. The summed E-state index contributed by atoms with van der Waals surface area (Å²) in [6, 6.07) is 20.6. The molecule has 180 valence electrons. The molecule has 1 aliphatic rings. The third-order valence-electron chi connectivity index (χ3n) is 6.77. The minimum Gasteiger partial charge on any atom is -0.461 e. The molecule has 3 nitrogen and oxygen atoms in total. The van der Waals surface area contributed by atoms with Crippen molar-refractivity contribution in [2.75, 3.05) is 0 Å². The van der Waals surface area contributed by atoms with Gasteiger partial charge >= 0.3 is 5.97 Å². The Morgan fingerprint density at radius 3 is 1.97 bits per heavy atom. The van der Waals surface area contributed by atoms with E-state index in [0.717, 1.165) is 19.3 Å². The SMILES string of the molecule is CCCCCCCCCCC[C@H](C[C@H]1OC(=O)[C@@H]1Cc1ccccc1)OCc1ccccc1. The first-order valence-electron chi connectivity index (χ1n) is 13.2. The topological polar surface area (TPSA) is 35.5 Å². The number of esters is 1. The second-order valence-corrected chi connectivity index (χ2v) is 9.54. The summed E-state index contributed by atoms with van der Waals surface area (Å²) in [7, 11) is 0. The normalized spacial score (nSPS) is 18.5. The Kier molecular flexibility index (Phi) is 11.5. The van der Waals surface area contributed by atoms with E-state index in [-0.39, 0.29) is 24.1 Å². The van der Waals surface area contributed by atoms with Crippen molar-refractivity contribution >= 4 is 5.97 Å². The third kappa shape index (κ3) is 9.33. The van der Waals surface area contributed by atoms with Crippen LogP contribution in [0.1, 0.15) is 88.7 Å². The lowest BCUT2D eigenvalue weighted by Gasteiger charge is -2.37. The minimum absolute atomic E-state index is 0.0305. The summed E-state index contributed by atoms with van der Waals surface area (Å²) in [5.41, 5.74) is 2.39. The highest BCUT2D eigenvalue weighted by molar-refractivity contribution is 5.78. The summed E-state index contributed by atoms with van der Waals surface area (Å²) >= 11 is 0. The number of rotatable bonds is 17. The molecule has 0 unspecified atom stereocenters. The van der Waals surface area contributed by atoms with Gasteiger partial charge in [-0.25, -0.2) is 0 Å². The van der Waals surface area contributed by atoms with Gasteiger partial charge in [-0.15, -0.1) is 0 Å². The number of cyclic esters (lactones) is 1. The highest BCUT2D eigenvalue weighted by Crippen LogP contribution is 2.31. The van der Waals surface area contributed by atoms with Crippen LogP contribution in [0, 0.1) is 5.92 Å². The molecule has 0 bridgehead atoms. The number of hydrogen-bond acceptors (Lipinski definition) is 3. The molecule has 2 aromatic rings. The van der Waals surface area contributed by atoms with Gasteiger partial charge in [0.1, 0.15) is 6.10 Å². The summed E-state index contributed by atoms with van der Waals surface area (Å²) in [6.45, 7) is 2.89. The molecule has 0 spiro atoms. The minimum atomic E-state index is -0.0614. The van der Waals surface area contributed by atoms with E-state index in [1.165, 1.54) is 68.9 Å². The molecule has 3 rings (SSSR count). The van der Waals surface area contributed by atoms with Gasteiger partial charge in [-0.1, -0.05) is 125 Å². The molecule has 0 N–H and O–H groups in total. The van der Waals surface area contributed by atoms with Crippen LogP contribution in [0.2, 0.25) is 0 Å². The summed E-state index contributed by atoms with van der Waals surface area (Å²) in [5, 5.41) is 0. The number of unbranched alkanes of at least 4 members (excludes halogenated alkanes) is 8. The number of benzene rings is 2. The van der Waals surface area contributed by atoms with Crippen molar-refractivity contribution in [2.45, 2.75) is 103 Å². The summed E-state index contributed by atoms with van der Waals surface area (Å²) < 4.78 is 11.9. The van der Waals surface area contributed by atoms with E-state index >= 15 is 0 Å². The van der Waals surface area contributed by atoms with Crippen LogP contribution < -0.4 is 0 Å². The maximum atomic E-state index is 12.2. The fraction of sp³-hybridized carbons (Fsp3) is 0.567. The van der Waals surface area contributed by atoms with Crippen molar-refractivity contribution in [3.63, 3.8) is 0 Å². The molecule has 1 aliphatic heterocycles. The Morgan fingerprint density at radius 1 is 0.788 bits per heavy atom. The van der Waals surface area contributed by atoms with Gasteiger partial charge < -0.3 is 9.47 Å². The third-order valence-corrected chi connectivity index (χ3v) is 6.77. The predicted molar refractivity (Wildman–Crippen MR) is 135 cm³/mol. The fourth-order valence-electron chi connectivity index (χ4n) is 4.69. The smallest absolute Gasteiger partial charge is 0.313 e. The van der Waals surface area contributed by atoms with Crippen molar-refractivity contribution in [2.24, 2.45) is 5.92 Å². The molecule has 0 aliphatic carbocycles. The zero-order valence-corrected chi connectivity index (χ0v) is 20.4. The molecule has 33 heavy (non-hydrogen) atoms. The number of ether oxygens (including phenoxy) is 2. The molecular weight excluding hydrogens is 408 g/mol. The Labute approximate surface area is 200 Å². The zero-order valence-electron chi connectivity index (χ0n) is 20.4. The van der Waals surface area contributed by atoms with E-state index in [4.69, 9.17) is 9.47 Å². The summed E-state index contributed by atoms with van der Waals surface area (Å²) in [6.07, 6.45) is 14.6. The van der Waals surface area contributed by atoms with E-state index in [1.54, 1.807) is 0 Å². The first-order valence-corrected chi connectivity index (χ1v) is 13.2. The van der Waals surface area contributed by atoms with Gasteiger partial charge in [-0.3, -0.25) is 4.79 Å². The largest absolute Gasteiger partial charge is 0.461 e. The van der Waals surface area contributed by atoms with Gasteiger partial charge in [-0.05, 0) is 24.0 Å². The van der Waals surface area contributed by atoms with Crippen molar-refractivity contribution in [1.29, 1.82) is 0 Å². The monoisotopic (exact) mass is 450 g/mol. The molecule has 1 heterocycles. The van der Waals surface area contributed by atoms with Crippen molar-refractivity contribution < 1.29 is 14.3 Å². The zero-order chi connectivity index (χ0) is 23.1. The van der Waals surface area contributed by atoms with Crippen LogP contribution in [0.25, 0.3) is 0 Å². The van der Waals surface area contributed by atoms with E-state index in [2.05, 4.69) is 43.3 Å². The molecule has 0 saturated carbocycles. The molecule has 3 heteroatoms. The maximum Gasteiger partial charge on any atom is 0.313 e. The van der Waals surface area contributed by atoms with Crippen molar-refractivity contribution in [1.82, 2.24) is 0 Å². The Balaban J connectivity index is 1.44. The highest BCUT2D eigenvalue weighted by Gasteiger charge is 2.43. The average Bonchev–Trinajstić information content (AvgIpc) is 2.85. The maximum absolute atomic E-state index is 12.2. The number of hydrogen-bond donors (Lipinski definition) is 0. The summed E-state index contributed by atoms with van der Waals surface area (Å²) in [5.74, 6) is -0.105. The van der Waals surface area contributed by atoms with Crippen LogP contribution in [0.5, 0.6) is 0 Å². The first-order chi connectivity index (χ1) is 16.3. The Bertz CT molecular complexity index is 774. The average molecular weight is 451 g/mol. The molecule has 3 atom stereocenters. The quantitative estimate of drug-likeness (QED) is 0.183. The lowest BCUT2D eigenvalue weighted by molar-refractivity contribution is -0.189. The Morgan fingerprint density at radius 2 is 1.36 bits per heavy atom. The molecule has 1 saturated heterocycles. The van der Waals surface area contributed by atoms with Crippen LogP contribution >= 0.6 is 0 Å². The van der Waals surface area contributed by atoms with Crippen LogP contribution in [-0.2, 0) is 27.3 Å². The van der Waals surface area contributed by atoms with E-state index in [1.807, 2.05) is 24.3 Å². The van der Waals surface area contributed by atoms with Crippen LogP contribution in [0.4, 0.5) is 0 Å². The number of carbonyl (C=O) groups is 1. The predicted octanol–water partition coefficient (Wildman–Crippen LogP) is 7.67. The fourth-order valence-corrected chi connectivity index (χ4v) is 4.69. The second-order valence-electron chi connectivity index (χ2n) is 9.54. The summed E-state index contributed by atoms with van der Waals surface area (Å²) in [4.78, 5) is 12.2. The highest BCUT2D eigenvalue weighted by atomic mass is 16.6. The van der Waals surface area contributed by atoms with Gasteiger partial charge in [0, 0.05) is 6.42 Å². The van der Waals surface area contributed by atoms with E-state index in [0.29, 0.717) is 6.61 Å². The molecular formula is C30H42O3. The molecule has 2 aromatic carbocycles. The van der Waals surface area contributed by atoms with Crippen LogP contribution in [0.15, 0.2) is 60.7 Å². The van der Waals surface area contributed by atoms with Crippen LogP contribution in [-0.4, -0.2) is 18.2 Å². The molecule has 1 fully saturated rings. The number of carbonyl (C=O) groups excluding carboxylic acids is 1. The standard InChI is InChI=1S/C30H42O3/c1-2-3-4-5-6-7-8-9-16-21-27(32-24-26-19-14-11-15-20-26)23-29-28(30(31)33-29)22-25-17-12-10-13-18-25/h10-15,17-20,27-29H,2-9,16,21-24H2,1H3/t27-,28-,29-/m1/s1. The molecule has 0 radical (unpaired) electrons. The van der Waals surface area contributed by atoms with Gasteiger partial charge in [0.05, 0.1) is 18.6 Å². The molecule has 0 amide bonds. The van der Waals surface area contributed by atoms with E-state index in [9.17, 15) is 4.79 Å². The lowest BCUT2D eigenvalue weighted by Crippen LogP contribution is -2.48. The van der Waals surface area contributed by atoms with E-state index < -0.39 is 0 Å². The Hall–Kier alpha value is -2.13. The van der Waals surface area contributed by atoms with Crippen LogP contribution in [0.3, 0.4) is 0 Å². The molecule has 0 aromatic heterocycles.